The standard InChI is InChI=1S/C24H47NO6/c1-19(2)15-13-11-9-7-5-3-4-6-8-10-12-14-16-22(29)25-20(17-26)23(30)24(31)21(28)18-27/h17,19-21,23-24,27-28,30-31H,3-16,18H2,1-2H3,(H,25,29)/t20-,21+,23+,24+/m0/s1. The first kappa shape index (κ1) is 30.0. The van der Waals surface area contributed by atoms with E-state index >= 15 is 0 Å². The zero-order valence-corrected chi connectivity index (χ0v) is 19.7. The van der Waals surface area contributed by atoms with Gasteiger partial charge >= 0.3 is 0 Å². The Labute approximate surface area is 188 Å². The molecule has 0 bridgehead atoms. The van der Waals surface area contributed by atoms with Crippen molar-refractivity contribution in [2.45, 2.75) is 128 Å². The summed E-state index contributed by atoms with van der Waals surface area (Å²) in [4.78, 5) is 23.0. The van der Waals surface area contributed by atoms with Crippen molar-refractivity contribution >= 4 is 12.2 Å². The Morgan fingerprint density at radius 3 is 1.65 bits per heavy atom. The van der Waals surface area contributed by atoms with Crippen molar-refractivity contribution in [3.8, 4) is 0 Å². The molecule has 0 spiro atoms. The second-order valence-corrected chi connectivity index (χ2v) is 9.14. The Kier molecular flexibility index (Phi) is 19.0. The van der Waals surface area contributed by atoms with Gasteiger partial charge in [-0.05, 0) is 12.3 Å². The first-order valence-corrected chi connectivity index (χ1v) is 12.2. The molecule has 0 aromatic rings. The SMILES string of the molecule is CC(C)CCCCCCCCCCCCCCC(=O)N[C@@H](C=O)[C@@H](O)[C@H](O)[C@H](O)CO. The van der Waals surface area contributed by atoms with Crippen LogP contribution in [0.15, 0.2) is 0 Å². The minimum absolute atomic E-state index is 0.243. The number of rotatable bonds is 21. The van der Waals surface area contributed by atoms with Gasteiger partial charge < -0.3 is 30.5 Å². The van der Waals surface area contributed by atoms with E-state index in [1.807, 2.05) is 0 Å². The molecular formula is C24H47NO6. The number of aliphatic hydroxyl groups is 4. The highest BCUT2D eigenvalue weighted by molar-refractivity contribution is 5.79. The average Bonchev–Trinajstić information content (AvgIpc) is 2.75. The second-order valence-electron chi connectivity index (χ2n) is 9.14. The summed E-state index contributed by atoms with van der Waals surface area (Å²) in [5.74, 6) is 0.442. The zero-order valence-electron chi connectivity index (χ0n) is 19.7. The van der Waals surface area contributed by atoms with Gasteiger partial charge in [-0.15, -0.1) is 0 Å². The van der Waals surface area contributed by atoms with Crippen LogP contribution in [0.25, 0.3) is 0 Å². The summed E-state index contributed by atoms with van der Waals surface area (Å²) >= 11 is 0. The van der Waals surface area contributed by atoms with Gasteiger partial charge in [-0.1, -0.05) is 90.9 Å². The summed E-state index contributed by atoms with van der Waals surface area (Å²) in [6.07, 6.45) is 11.4. The number of nitrogens with one attached hydrogen (secondary N) is 1. The second kappa shape index (κ2) is 19.6. The first-order valence-electron chi connectivity index (χ1n) is 12.2. The van der Waals surface area contributed by atoms with E-state index in [2.05, 4.69) is 19.2 Å². The summed E-state index contributed by atoms with van der Waals surface area (Å²) in [5.41, 5.74) is 0. The van der Waals surface area contributed by atoms with Crippen LogP contribution in [0, 0.1) is 5.92 Å². The van der Waals surface area contributed by atoms with E-state index in [-0.39, 0.29) is 12.3 Å². The molecular weight excluding hydrogens is 398 g/mol. The van der Waals surface area contributed by atoms with Gasteiger partial charge in [-0.3, -0.25) is 4.79 Å². The van der Waals surface area contributed by atoms with Gasteiger partial charge in [0.25, 0.3) is 0 Å². The molecule has 0 radical (unpaired) electrons. The third-order valence-electron chi connectivity index (χ3n) is 5.71. The maximum absolute atomic E-state index is 11.9. The Morgan fingerprint density at radius 1 is 0.774 bits per heavy atom. The molecule has 4 atom stereocenters. The number of hydrogen-bond acceptors (Lipinski definition) is 6. The van der Waals surface area contributed by atoms with E-state index in [1.165, 1.54) is 57.8 Å². The van der Waals surface area contributed by atoms with E-state index in [0.717, 1.165) is 25.2 Å². The molecule has 7 heteroatoms. The van der Waals surface area contributed by atoms with Gasteiger partial charge in [0.2, 0.25) is 5.91 Å². The van der Waals surface area contributed by atoms with Crippen LogP contribution >= 0.6 is 0 Å². The lowest BCUT2D eigenvalue weighted by molar-refractivity contribution is -0.131. The molecule has 0 aliphatic heterocycles. The molecule has 0 aliphatic carbocycles. The Hall–Kier alpha value is -1.02. The molecule has 0 aliphatic rings. The Balaban J connectivity index is 3.63. The van der Waals surface area contributed by atoms with Gasteiger partial charge in [0, 0.05) is 6.42 Å². The minimum Gasteiger partial charge on any atom is -0.394 e. The van der Waals surface area contributed by atoms with Crippen molar-refractivity contribution in [3.63, 3.8) is 0 Å². The molecule has 0 unspecified atom stereocenters. The van der Waals surface area contributed by atoms with Crippen molar-refractivity contribution < 1.29 is 30.0 Å². The fraction of sp³-hybridized carbons (Fsp3) is 0.917. The van der Waals surface area contributed by atoms with Crippen molar-refractivity contribution in [1.29, 1.82) is 0 Å². The third-order valence-corrected chi connectivity index (χ3v) is 5.71. The number of carbonyl (C=O) groups is 2. The van der Waals surface area contributed by atoms with E-state index in [4.69, 9.17) is 5.11 Å². The molecule has 0 saturated heterocycles. The minimum atomic E-state index is -1.72. The zero-order chi connectivity index (χ0) is 23.5. The molecule has 1 amide bonds. The smallest absolute Gasteiger partial charge is 0.220 e. The van der Waals surface area contributed by atoms with Crippen LogP contribution in [-0.2, 0) is 9.59 Å². The summed E-state index contributed by atoms with van der Waals surface area (Å²) in [6, 6.07) is -1.32. The maximum atomic E-state index is 11.9. The summed E-state index contributed by atoms with van der Waals surface area (Å²) in [6.45, 7) is 3.81. The number of hydrogen-bond donors (Lipinski definition) is 5. The van der Waals surface area contributed by atoms with Gasteiger partial charge in [0.15, 0.2) is 0 Å². The van der Waals surface area contributed by atoms with Crippen molar-refractivity contribution in [2.75, 3.05) is 6.61 Å². The molecule has 5 N–H and O–H groups in total. The molecule has 0 aromatic heterocycles. The van der Waals surface area contributed by atoms with E-state index < -0.39 is 31.0 Å². The summed E-state index contributed by atoms with van der Waals surface area (Å²) in [7, 11) is 0. The number of aldehydes is 1. The molecule has 0 aromatic carbocycles. The fourth-order valence-electron chi connectivity index (χ4n) is 3.61. The van der Waals surface area contributed by atoms with E-state index in [1.54, 1.807) is 0 Å². The van der Waals surface area contributed by atoms with Crippen molar-refractivity contribution in [1.82, 2.24) is 5.32 Å². The summed E-state index contributed by atoms with van der Waals surface area (Å²) < 4.78 is 0. The lowest BCUT2D eigenvalue weighted by Crippen LogP contribution is -2.53. The first-order chi connectivity index (χ1) is 14.8. The lowest BCUT2D eigenvalue weighted by atomic mass is 10.0. The van der Waals surface area contributed by atoms with Crippen LogP contribution in [0.5, 0.6) is 0 Å². The van der Waals surface area contributed by atoms with Gasteiger partial charge in [0.1, 0.15) is 30.6 Å². The predicted octanol–water partition coefficient (Wildman–Crippen LogP) is 2.86. The van der Waals surface area contributed by atoms with Gasteiger partial charge in [-0.25, -0.2) is 0 Å². The van der Waals surface area contributed by atoms with Crippen LogP contribution in [0.2, 0.25) is 0 Å². The van der Waals surface area contributed by atoms with Crippen LogP contribution < -0.4 is 5.32 Å². The molecule has 0 saturated carbocycles. The van der Waals surface area contributed by atoms with Gasteiger partial charge in [0.05, 0.1) is 6.61 Å². The van der Waals surface area contributed by atoms with Crippen LogP contribution in [-0.4, -0.2) is 63.6 Å². The molecule has 7 nitrogen and oxygen atoms in total. The lowest BCUT2D eigenvalue weighted by Gasteiger charge is -2.26. The highest BCUT2D eigenvalue weighted by atomic mass is 16.4. The summed E-state index contributed by atoms with van der Waals surface area (Å²) in [5, 5.41) is 40.0. The average molecular weight is 446 g/mol. The third kappa shape index (κ3) is 16.3. The number of aliphatic hydroxyl groups excluding tert-OH is 4. The maximum Gasteiger partial charge on any atom is 0.220 e. The van der Waals surface area contributed by atoms with Crippen LogP contribution in [0.3, 0.4) is 0 Å². The van der Waals surface area contributed by atoms with E-state index in [0.29, 0.717) is 12.7 Å². The Bertz CT molecular complexity index is 446. The molecule has 31 heavy (non-hydrogen) atoms. The predicted molar refractivity (Wildman–Crippen MR) is 123 cm³/mol. The molecule has 0 heterocycles. The van der Waals surface area contributed by atoms with Crippen LogP contribution in [0.1, 0.15) is 104 Å². The Morgan fingerprint density at radius 2 is 1.23 bits per heavy atom. The highest BCUT2D eigenvalue weighted by Gasteiger charge is 2.31. The fourth-order valence-corrected chi connectivity index (χ4v) is 3.61. The molecule has 184 valence electrons. The largest absolute Gasteiger partial charge is 0.394 e. The number of carbonyl (C=O) groups excluding carboxylic acids is 2. The normalized spacial score (nSPS) is 15.5. The highest BCUT2D eigenvalue weighted by Crippen LogP contribution is 2.14. The number of unbranched alkanes of at least 4 members (excludes halogenated alkanes) is 11. The quantitative estimate of drug-likeness (QED) is 0.137. The van der Waals surface area contributed by atoms with Crippen LogP contribution in [0.4, 0.5) is 0 Å². The van der Waals surface area contributed by atoms with Crippen molar-refractivity contribution in [2.24, 2.45) is 5.92 Å². The molecule has 0 fully saturated rings. The van der Waals surface area contributed by atoms with E-state index in [9.17, 15) is 24.9 Å². The molecule has 0 rings (SSSR count). The van der Waals surface area contributed by atoms with Gasteiger partial charge in [-0.2, -0.15) is 0 Å². The monoisotopic (exact) mass is 445 g/mol. The number of amides is 1. The topological polar surface area (TPSA) is 127 Å². The van der Waals surface area contributed by atoms with Crippen molar-refractivity contribution in [3.05, 3.63) is 0 Å².